The van der Waals surface area contributed by atoms with Gasteiger partial charge in [-0.25, -0.2) is 8.42 Å². The molecule has 0 bridgehead atoms. The van der Waals surface area contributed by atoms with Gasteiger partial charge in [-0.3, -0.25) is 9.52 Å². The fourth-order valence-electron chi connectivity index (χ4n) is 2.54. The zero-order valence-corrected chi connectivity index (χ0v) is 18.3. The van der Waals surface area contributed by atoms with E-state index in [2.05, 4.69) is 4.72 Å². The van der Waals surface area contributed by atoms with Crippen LogP contribution in [0.4, 0.5) is 5.69 Å². The first-order valence-corrected chi connectivity index (χ1v) is 10.4. The van der Waals surface area contributed by atoms with Gasteiger partial charge >= 0.3 is 5.97 Å². The second-order valence-corrected chi connectivity index (χ2v) is 7.51. The largest absolute Gasteiger partial charge is 0.496 e. The number of hydrogen-bond donors (Lipinski definition) is 2. The lowest BCUT2D eigenvalue weighted by Crippen LogP contribution is -2.20. The summed E-state index contributed by atoms with van der Waals surface area (Å²) in [5.41, 5.74) is 5.81. The molecule has 0 atom stereocenters. The molecule has 3 N–H and O–H groups in total. The molecule has 2 aromatic rings. The van der Waals surface area contributed by atoms with E-state index in [0.29, 0.717) is 22.8 Å². The highest BCUT2D eigenvalue weighted by atomic mass is 32.2. The van der Waals surface area contributed by atoms with Crippen LogP contribution in [0.15, 0.2) is 35.7 Å². The van der Waals surface area contributed by atoms with Crippen molar-refractivity contribution in [3.63, 3.8) is 0 Å². The van der Waals surface area contributed by atoms with Crippen molar-refractivity contribution >= 4 is 27.8 Å². The molecule has 0 fully saturated rings. The Morgan fingerprint density at radius 2 is 1.55 bits per heavy atom. The Kier molecular flexibility index (Phi) is 8.11. The number of anilines is 1. The van der Waals surface area contributed by atoms with E-state index in [-0.39, 0.29) is 23.7 Å². The van der Waals surface area contributed by atoms with Crippen LogP contribution < -0.4 is 34.1 Å². The molecule has 2 rings (SSSR count). The summed E-state index contributed by atoms with van der Waals surface area (Å²) < 4.78 is 53.5. The van der Waals surface area contributed by atoms with Crippen LogP contribution in [0.25, 0.3) is 6.08 Å². The van der Waals surface area contributed by atoms with Gasteiger partial charge in [-0.2, -0.15) is 0 Å². The maximum absolute atomic E-state index is 12.6. The lowest BCUT2D eigenvalue weighted by atomic mass is 10.1. The van der Waals surface area contributed by atoms with Crippen LogP contribution >= 0.6 is 0 Å². The first-order chi connectivity index (χ1) is 14.8. The summed E-state index contributed by atoms with van der Waals surface area (Å²) in [5.74, 6) is 0.793. The second-order valence-electron chi connectivity index (χ2n) is 5.94. The Balaban J connectivity index is 2.33. The maximum Gasteiger partial charge on any atom is 0.325 e. The molecular weight excluding hydrogens is 428 g/mol. The Morgan fingerprint density at radius 3 is 2.06 bits per heavy atom. The fraction of sp³-hybridized carbons (Fsp3) is 0.250. The van der Waals surface area contributed by atoms with E-state index >= 15 is 0 Å². The average molecular weight is 452 g/mol. The van der Waals surface area contributed by atoms with Crippen LogP contribution in [-0.2, 0) is 14.8 Å². The first-order valence-electron chi connectivity index (χ1n) is 8.86. The SMILES string of the molecule is COc1cc(OC)c(C=CS(=O)(=O)Nc2ccc(OC)c(OC(=O)CN)c2)c(OC)c1. The molecule has 0 unspecified atom stereocenters. The van der Waals surface area contributed by atoms with E-state index < -0.39 is 16.0 Å². The van der Waals surface area contributed by atoms with Crippen LogP contribution in [0, 0.1) is 0 Å². The second kappa shape index (κ2) is 10.5. The summed E-state index contributed by atoms with van der Waals surface area (Å²) in [6, 6.07) is 7.43. The molecule has 0 aliphatic heterocycles. The average Bonchev–Trinajstić information content (AvgIpc) is 2.76. The predicted octanol–water partition coefficient (Wildman–Crippen LogP) is 2.00. The Bertz CT molecular complexity index is 1040. The number of nitrogens with two attached hydrogens (primary N) is 1. The molecule has 0 amide bonds. The van der Waals surface area contributed by atoms with Crippen molar-refractivity contribution in [1.29, 1.82) is 0 Å². The molecular formula is C20H24N2O8S. The lowest BCUT2D eigenvalue weighted by molar-refractivity contribution is -0.132. The summed E-state index contributed by atoms with van der Waals surface area (Å²) >= 11 is 0. The Hall–Kier alpha value is -3.44. The molecule has 10 nitrogen and oxygen atoms in total. The van der Waals surface area contributed by atoms with Crippen molar-refractivity contribution < 1.29 is 36.9 Å². The topological polar surface area (TPSA) is 135 Å². The minimum Gasteiger partial charge on any atom is -0.496 e. The standard InChI is InChI=1S/C20H24N2O8S/c1-26-14-10-17(28-3)15(18(11-14)29-4)7-8-31(24,25)22-13-5-6-16(27-2)19(9-13)30-20(23)12-21/h5-11,22H,12,21H2,1-4H3. The molecule has 0 heterocycles. The van der Waals surface area contributed by atoms with E-state index in [1.807, 2.05) is 0 Å². The van der Waals surface area contributed by atoms with Gasteiger partial charge in [0.05, 0.1) is 51.6 Å². The molecule has 11 heteroatoms. The molecule has 0 saturated carbocycles. The van der Waals surface area contributed by atoms with Crippen LogP contribution in [0.5, 0.6) is 28.7 Å². The van der Waals surface area contributed by atoms with Crippen molar-refractivity contribution in [2.45, 2.75) is 0 Å². The van der Waals surface area contributed by atoms with E-state index in [9.17, 15) is 13.2 Å². The first kappa shape index (κ1) is 23.8. The van der Waals surface area contributed by atoms with E-state index in [0.717, 1.165) is 5.41 Å². The highest BCUT2D eigenvalue weighted by Crippen LogP contribution is 2.35. The highest BCUT2D eigenvalue weighted by molar-refractivity contribution is 7.95. The summed E-state index contributed by atoms with van der Waals surface area (Å²) in [6.45, 7) is -0.340. The van der Waals surface area contributed by atoms with E-state index in [1.165, 1.54) is 52.7 Å². The molecule has 31 heavy (non-hydrogen) atoms. The van der Waals surface area contributed by atoms with Crippen LogP contribution in [0.1, 0.15) is 5.56 Å². The van der Waals surface area contributed by atoms with Gasteiger partial charge in [-0.15, -0.1) is 0 Å². The van der Waals surface area contributed by atoms with Crippen molar-refractivity contribution in [3.05, 3.63) is 41.3 Å². The summed E-state index contributed by atoms with van der Waals surface area (Å²) in [6.07, 6.45) is 1.33. The van der Waals surface area contributed by atoms with Gasteiger partial charge in [-0.05, 0) is 18.2 Å². The van der Waals surface area contributed by atoms with Crippen molar-refractivity contribution in [2.75, 3.05) is 39.7 Å². The third-order valence-electron chi connectivity index (χ3n) is 3.98. The number of esters is 1. The molecule has 168 valence electrons. The number of carbonyl (C=O) groups excluding carboxylic acids is 1. The minimum absolute atomic E-state index is 0.0284. The third kappa shape index (κ3) is 6.27. The number of ether oxygens (including phenoxy) is 5. The quantitative estimate of drug-likeness (QED) is 0.410. The lowest BCUT2D eigenvalue weighted by Gasteiger charge is -2.13. The molecule has 0 aliphatic rings. The summed E-state index contributed by atoms with van der Waals surface area (Å²) in [7, 11) is 1.82. The monoisotopic (exact) mass is 452 g/mol. The van der Waals surface area contributed by atoms with Crippen LogP contribution in [-0.4, -0.2) is 49.4 Å². The molecule has 0 saturated heterocycles. The zero-order valence-electron chi connectivity index (χ0n) is 17.5. The van der Waals surface area contributed by atoms with Crippen molar-refractivity contribution in [1.82, 2.24) is 0 Å². The number of methoxy groups -OCH3 is 4. The van der Waals surface area contributed by atoms with Gasteiger partial charge < -0.3 is 29.4 Å². The third-order valence-corrected chi connectivity index (χ3v) is 5.00. The van der Waals surface area contributed by atoms with Gasteiger partial charge in [-0.1, -0.05) is 0 Å². The van der Waals surface area contributed by atoms with Crippen molar-refractivity contribution in [3.8, 4) is 28.7 Å². The normalized spacial score (nSPS) is 11.1. The summed E-state index contributed by atoms with van der Waals surface area (Å²) in [5, 5.41) is 0.954. The van der Waals surface area contributed by atoms with Gasteiger partial charge in [0.1, 0.15) is 17.2 Å². The number of carbonyl (C=O) groups is 1. The predicted molar refractivity (Wildman–Crippen MR) is 115 cm³/mol. The number of benzene rings is 2. The zero-order chi connectivity index (χ0) is 23.0. The number of hydrogen-bond acceptors (Lipinski definition) is 9. The van der Waals surface area contributed by atoms with E-state index in [4.69, 9.17) is 29.4 Å². The fourth-order valence-corrected chi connectivity index (χ4v) is 3.38. The van der Waals surface area contributed by atoms with Gasteiger partial charge in [0, 0.05) is 18.2 Å². The Morgan fingerprint density at radius 1 is 0.935 bits per heavy atom. The highest BCUT2D eigenvalue weighted by Gasteiger charge is 2.15. The smallest absolute Gasteiger partial charge is 0.325 e. The summed E-state index contributed by atoms with van der Waals surface area (Å²) in [4.78, 5) is 11.5. The van der Waals surface area contributed by atoms with Gasteiger partial charge in [0.15, 0.2) is 11.5 Å². The minimum atomic E-state index is -3.95. The van der Waals surface area contributed by atoms with Crippen LogP contribution in [0.3, 0.4) is 0 Å². The van der Waals surface area contributed by atoms with Crippen LogP contribution in [0.2, 0.25) is 0 Å². The maximum atomic E-state index is 12.6. The number of nitrogens with one attached hydrogen (secondary N) is 1. The van der Waals surface area contributed by atoms with Gasteiger partial charge in [0.25, 0.3) is 10.0 Å². The molecule has 0 spiro atoms. The number of rotatable bonds is 10. The molecule has 2 aromatic carbocycles. The number of sulfonamides is 1. The molecule has 0 aliphatic carbocycles. The van der Waals surface area contributed by atoms with Gasteiger partial charge in [0.2, 0.25) is 0 Å². The van der Waals surface area contributed by atoms with E-state index in [1.54, 1.807) is 12.1 Å². The Labute approximate surface area is 180 Å². The molecule has 0 aromatic heterocycles. The van der Waals surface area contributed by atoms with Crippen molar-refractivity contribution in [2.24, 2.45) is 5.73 Å². The molecule has 0 radical (unpaired) electrons.